The zero-order valence-corrected chi connectivity index (χ0v) is 18.4. The summed E-state index contributed by atoms with van der Waals surface area (Å²) in [6.07, 6.45) is 0. The maximum Gasteiger partial charge on any atom is 0.225 e. The minimum atomic E-state index is -0.229. The van der Waals surface area contributed by atoms with E-state index >= 15 is 0 Å². The average molecular weight is 417 g/mol. The van der Waals surface area contributed by atoms with Gasteiger partial charge in [0.1, 0.15) is 17.3 Å². The molecule has 1 aliphatic heterocycles. The van der Waals surface area contributed by atoms with Crippen LogP contribution in [0.15, 0.2) is 40.8 Å². The predicted molar refractivity (Wildman–Crippen MR) is 115 cm³/mol. The van der Waals surface area contributed by atoms with Crippen LogP contribution in [0.25, 0.3) is 0 Å². The molecule has 1 amide bonds. The molecule has 1 aliphatic rings. The van der Waals surface area contributed by atoms with Crippen molar-refractivity contribution in [2.75, 3.05) is 39.9 Å². The van der Waals surface area contributed by atoms with Gasteiger partial charge in [0.25, 0.3) is 0 Å². The number of likely N-dealkylation sites (tertiary alicyclic amines) is 1. The summed E-state index contributed by atoms with van der Waals surface area (Å²) in [6.45, 7) is 10.0. The first-order valence-electron chi connectivity index (χ1n) is 10.7. The lowest BCUT2D eigenvalue weighted by molar-refractivity contribution is -0.135. The van der Waals surface area contributed by atoms with Crippen molar-refractivity contribution >= 4 is 5.91 Å². The maximum atomic E-state index is 13.5. The Bertz CT molecular complexity index is 818. The molecule has 0 N–H and O–H groups in total. The zero-order chi connectivity index (χ0) is 21.7. The molecule has 2 unspecified atom stereocenters. The number of amides is 1. The second-order valence-corrected chi connectivity index (χ2v) is 8.56. The van der Waals surface area contributed by atoms with E-state index in [2.05, 4.69) is 4.90 Å². The second kappa shape index (κ2) is 10.2. The third kappa shape index (κ3) is 5.70. The summed E-state index contributed by atoms with van der Waals surface area (Å²) < 4.78 is 24.5. The molecular weight excluding hydrogens is 383 g/mol. The van der Waals surface area contributed by atoms with Crippen LogP contribution in [0.4, 0.5) is 4.39 Å². The van der Waals surface area contributed by atoms with Gasteiger partial charge in [-0.1, -0.05) is 26.0 Å². The summed E-state index contributed by atoms with van der Waals surface area (Å²) in [5.74, 6) is 2.19. The van der Waals surface area contributed by atoms with E-state index in [1.54, 1.807) is 7.11 Å². The summed E-state index contributed by atoms with van der Waals surface area (Å²) in [5, 5.41) is 0. The summed E-state index contributed by atoms with van der Waals surface area (Å²) in [4.78, 5) is 17.1. The van der Waals surface area contributed by atoms with E-state index in [4.69, 9.17) is 9.15 Å². The van der Waals surface area contributed by atoms with Gasteiger partial charge in [-0.3, -0.25) is 9.69 Å². The van der Waals surface area contributed by atoms with Crippen molar-refractivity contribution in [1.29, 1.82) is 0 Å². The first-order chi connectivity index (χ1) is 14.4. The fourth-order valence-electron chi connectivity index (χ4n) is 4.29. The quantitative estimate of drug-likeness (QED) is 0.618. The Morgan fingerprint density at radius 2 is 1.97 bits per heavy atom. The summed E-state index contributed by atoms with van der Waals surface area (Å²) in [6, 6.07) is 10.8. The number of rotatable bonds is 9. The first-order valence-corrected chi connectivity index (χ1v) is 10.7. The topological polar surface area (TPSA) is 45.9 Å². The summed E-state index contributed by atoms with van der Waals surface area (Å²) in [7, 11) is 1.65. The number of carbonyl (C=O) groups is 1. The molecule has 0 bridgehead atoms. The van der Waals surface area contributed by atoms with Crippen LogP contribution in [0.2, 0.25) is 0 Å². The van der Waals surface area contributed by atoms with Gasteiger partial charge in [-0.2, -0.15) is 0 Å². The van der Waals surface area contributed by atoms with Gasteiger partial charge in [0, 0.05) is 45.1 Å². The molecule has 164 valence electrons. The van der Waals surface area contributed by atoms with Gasteiger partial charge in [-0.25, -0.2) is 4.39 Å². The third-order valence-corrected chi connectivity index (χ3v) is 5.82. The first kappa shape index (κ1) is 22.5. The number of hydrogen-bond acceptors (Lipinski definition) is 4. The van der Waals surface area contributed by atoms with Crippen molar-refractivity contribution in [2.45, 2.75) is 33.2 Å². The van der Waals surface area contributed by atoms with Gasteiger partial charge in [0.15, 0.2) is 0 Å². The molecular formula is C24H33FN2O3. The highest BCUT2D eigenvalue weighted by atomic mass is 19.1. The Hall–Kier alpha value is -2.18. The van der Waals surface area contributed by atoms with Crippen molar-refractivity contribution in [3.63, 3.8) is 0 Å². The van der Waals surface area contributed by atoms with Gasteiger partial charge in [0.2, 0.25) is 5.91 Å². The lowest BCUT2D eigenvalue weighted by Gasteiger charge is -2.29. The smallest absolute Gasteiger partial charge is 0.225 e. The number of hydrogen-bond donors (Lipinski definition) is 0. The number of carbonyl (C=O) groups excluding carboxylic acids is 1. The van der Waals surface area contributed by atoms with Gasteiger partial charge >= 0.3 is 0 Å². The van der Waals surface area contributed by atoms with Crippen molar-refractivity contribution in [3.8, 4) is 0 Å². The molecule has 1 fully saturated rings. The molecule has 1 aromatic carbocycles. The number of nitrogens with zero attached hydrogens (tertiary/aromatic N) is 2. The van der Waals surface area contributed by atoms with Crippen LogP contribution in [0.1, 0.15) is 36.8 Å². The van der Waals surface area contributed by atoms with Crippen molar-refractivity contribution in [3.05, 3.63) is 59.3 Å². The van der Waals surface area contributed by atoms with E-state index in [-0.39, 0.29) is 29.5 Å². The monoisotopic (exact) mass is 416 g/mol. The minimum absolute atomic E-state index is 0.0604. The Balaban J connectivity index is 1.79. The number of halogens is 1. The van der Waals surface area contributed by atoms with E-state index in [0.29, 0.717) is 19.7 Å². The standard InChI is InChI=1S/C24H33FN2O3/c1-17(2)24(28)27(11-12-29-4)14-20-13-26(15-22-10-5-18(3)30-22)16-23(20)19-6-8-21(25)9-7-19/h5-10,17,20,23H,11-16H2,1-4H3. The molecule has 2 aromatic rings. The van der Waals surface area contributed by atoms with Crippen LogP contribution in [0.3, 0.4) is 0 Å². The number of methoxy groups -OCH3 is 1. The van der Waals surface area contributed by atoms with E-state index in [1.807, 2.05) is 49.9 Å². The highest BCUT2D eigenvalue weighted by Crippen LogP contribution is 2.34. The van der Waals surface area contributed by atoms with E-state index < -0.39 is 0 Å². The number of benzene rings is 1. The lowest BCUT2D eigenvalue weighted by atomic mass is 9.88. The Morgan fingerprint density at radius 1 is 1.23 bits per heavy atom. The molecule has 6 heteroatoms. The van der Waals surface area contributed by atoms with Gasteiger partial charge in [0.05, 0.1) is 13.2 Å². The van der Waals surface area contributed by atoms with Crippen molar-refractivity contribution < 1.29 is 18.3 Å². The van der Waals surface area contributed by atoms with Gasteiger partial charge in [-0.15, -0.1) is 0 Å². The molecule has 5 nitrogen and oxygen atoms in total. The van der Waals surface area contributed by atoms with Crippen LogP contribution in [-0.4, -0.2) is 55.6 Å². The largest absolute Gasteiger partial charge is 0.465 e. The van der Waals surface area contributed by atoms with Crippen molar-refractivity contribution in [2.24, 2.45) is 11.8 Å². The molecule has 2 atom stereocenters. The Morgan fingerprint density at radius 3 is 2.57 bits per heavy atom. The fraction of sp³-hybridized carbons (Fsp3) is 0.542. The number of aryl methyl sites for hydroxylation is 1. The normalized spacial score (nSPS) is 19.5. The SMILES string of the molecule is COCCN(CC1CN(Cc2ccc(C)o2)CC1c1ccc(F)cc1)C(=O)C(C)C. The Labute approximate surface area is 178 Å². The van der Waals surface area contributed by atoms with Crippen LogP contribution in [0, 0.1) is 24.6 Å². The molecule has 2 heterocycles. The maximum absolute atomic E-state index is 13.5. The minimum Gasteiger partial charge on any atom is -0.465 e. The lowest BCUT2D eigenvalue weighted by Crippen LogP contribution is -2.41. The van der Waals surface area contributed by atoms with E-state index in [0.717, 1.165) is 36.7 Å². The van der Waals surface area contributed by atoms with Crippen LogP contribution in [-0.2, 0) is 16.1 Å². The third-order valence-electron chi connectivity index (χ3n) is 5.82. The molecule has 0 aliphatic carbocycles. The summed E-state index contributed by atoms with van der Waals surface area (Å²) in [5.41, 5.74) is 1.11. The highest BCUT2D eigenvalue weighted by Gasteiger charge is 2.36. The molecule has 30 heavy (non-hydrogen) atoms. The van der Waals surface area contributed by atoms with Crippen molar-refractivity contribution in [1.82, 2.24) is 9.80 Å². The van der Waals surface area contributed by atoms with Crippen LogP contribution < -0.4 is 0 Å². The predicted octanol–water partition coefficient (Wildman–Crippen LogP) is 4.07. The average Bonchev–Trinajstić information content (AvgIpc) is 3.31. The molecule has 0 saturated carbocycles. The van der Waals surface area contributed by atoms with Crippen LogP contribution >= 0.6 is 0 Å². The van der Waals surface area contributed by atoms with E-state index in [1.165, 1.54) is 12.1 Å². The highest BCUT2D eigenvalue weighted by molar-refractivity contribution is 5.78. The van der Waals surface area contributed by atoms with E-state index in [9.17, 15) is 9.18 Å². The molecule has 0 radical (unpaired) electrons. The molecule has 1 aromatic heterocycles. The fourth-order valence-corrected chi connectivity index (χ4v) is 4.29. The molecule has 3 rings (SSSR count). The summed E-state index contributed by atoms with van der Waals surface area (Å²) >= 11 is 0. The number of furan rings is 1. The second-order valence-electron chi connectivity index (χ2n) is 8.56. The molecule has 0 spiro atoms. The Kier molecular flexibility index (Phi) is 7.67. The molecule has 1 saturated heterocycles. The number of ether oxygens (including phenoxy) is 1. The van der Waals surface area contributed by atoms with Crippen LogP contribution in [0.5, 0.6) is 0 Å². The van der Waals surface area contributed by atoms with Gasteiger partial charge in [-0.05, 0) is 42.7 Å². The zero-order valence-electron chi connectivity index (χ0n) is 18.4. The van der Waals surface area contributed by atoms with Gasteiger partial charge < -0.3 is 14.1 Å².